The number of hydrogen-bond acceptors (Lipinski definition) is 5. The van der Waals surface area contributed by atoms with Crippen LogP contribution in [0.25, 0.3) is 11.5 Å². The summed E-state index contributed by atoms with van der Waals surface area (Å²) in [4.78, 5) is 16.4. The van der Waals surface area contributed by atoms with Gasteiger partial charge in [0.2, 0.25) is 0 Å². The molecular formula is C20H20ClN3O3. The number of halogens is 1. The number of carbonyl (C=O) groups is 1. The van der Waals surface area contributed by atoms with Gasteiger partial charge < -0.3 is 14.6 Å². The average Bonchev–Trinajstić information content (AvgIpc) is 3.16. The highest BCUT2D eigenvalue weighted by Crippen LogP contribution is 2.21. The highest BCUT2D eigenvalue weighted by atomic mass is 35.5. The molecule has 3 rings (SSSR count). The number of rotatable bonds is 7. The van der Waals surface area contributed by atoms with E-state index in [0.29, 0.717) is 28.9 Å². The lowest BCUT2D eigenvalue weighted by atomic mass is 10.1. The van der Waals surface area contributed by atoms with E-state index >= 15 is 0 Å². The molecule has 6 nitrogen and oxygen atoms in total. The van der Waals surface area contributed by atoms with E-state index in [1.54, 1.807) is 24.3 Å². The van der Waals surface area contributed by atoms with Crippen LogP contribution in [0.1, 0.15) is 31.3 Å². The average molecular weight is 386 g/mol. The van der Waals surface area contributed by atoms with Crippen molar-refractivity contribution in [1.82, 2.24) is 15.5 Å². The SMILES string of the molecule is CCc1noc(-c2ccc(OCC(=O)N[C@@H](C)c3ccc(Cl)cc3)cc2)n1. The minimum absolute atomic E-state index is 0.0716. The summed E-state index contributed by atoms with van der Waals surface area (Å²) in [6, 6.07) is 14.4. The molecule has 1 aromatic heterocycles. The first kappa shape index (κ1) is 18.9. The van der Waals surface area contributed by atoms with Gasteiger partial charge in [0.25, 0.3) is 11.8 Å². The van der Waals surface area contributed by atoms with E-state index in [9.17, 15) is 4.79 Å². The summed E-state index contributed by atoms with van der Waals surface area (Å²) in [5.74, 6) is 1.51. The van der Waals surface area contributed by atoms with Crippen LogP contribution < -0.4 is 10.1 Å². The zero-order valence-corrected chi connectivity index (χ0v) is 15.9. The molecule has 140 valence electrons. The molecule has 27 heavy (non-hydrogen) atoms. The smallest absolute Gasteiger partial charge is 0.258 e. The van der Waals surface area contributed by atoms with Crippen LogP contribution in [0.4, 0.5) is 0 Å². The van der Waals surface area contributed by atoms with Gasteiger partial charge >= 0.3 is 0 Å². The first-order valence-corrected chi connectivity index (χ1v) is 9.03. The van der Waals surface area contributed by atoms with Gasteiger partial charge in [0.15, 0.2) is 12.4 Å². The van der Waals surface area contributed by atoms with Gasteiger partial charge in [-0.3, -0.25) is 4.79 Å². The Balaban J connectivity index is 1.51. The fourth-order valence-corrected chi connectivity index (χ4v) is 2.60. The first-order valence-electron chi connectivity index (χ1n) is 8.66. The Morgan fingerprint density at radius 1 is 1.19 bits per heavy atom. The molecule has 0 aliphatic heterocycles. The van der Waals surface area contributed by atoms with Gasteiger partial charge in [0.05, 0.1) is 6.04 Å². The summed E-state index contributed by atoms with van der Waals surface area (Å²) in [5.41, 5.74) is 1.78. The van der Waals surface area contributed by atoms with Gasteiger partial charge in [-0.15, -0.1) is 0 Å². The number of amides is 1. The van der Waals surface area contributed by atoms with Crippen LogP contribution in [-0.2, 0) is 11.2 Å². The van der Waals surface area contributed by atoms with Gasteiger partial charge in [-0.1, -0.05) is 35.8 Å². The third kappa shape index (κ3) is 5.08. The number of hydrogen-bond donors (Lipinski definition) is 1. The molecule has 1 heterocycles. The second-order valence-electron chi connectivity index (χ2n) is 6.02. The maximum absolute atomic E-state index is 12.1. The fraction of sp³-hybridized carbons (Fsp3) is 0.250. The van der Waals surface area contributed by atoms with Gasteiger partial charge in [-0.2, -0.15) is 4.98 Å². The maximum atomic E-state index is 12.1. The summed E-state index contributed by atoms with van der Waals surface area (Å²) >= 11 is 5.88. The predicted octanol–water partition coefficient (Wildman–Crippen LogP) is 4.21. The van der Waals surface area contributed by atoms with Crippen LogP contribution in [0.15, 0.2) is 53.1 Å². The van der Waals surface area contributed by atoms with E-state index in [4.69, 9.17) is 20.9 Å². The lowest BCUT2D eigenvalue weighted by molar-refractivity contribution is -0.123. The second-order valence-corrected chi connectivity index (χ2v) is 6.46. The van der Waals surface area contributed by atoms with E-state index in [0.717, 1.165) is 11.1 Å². The molecular weight excluding hydrogens is 366 g/mol. The number of nitrogens with one attached hydrogen (secondary N) is 1. The molecule has 1 N–H and O–H groups in total. The molecule has 0 spiro atoms. The molecule has 7 heteroatoms. The van der Waals surface area contributed by atoms with Gasteiger partial charge in [0, 0.05) is 17.0 Å². The zero-order valence-electron chi connectivity index (χ0n) is 15.1. The van der Waals surface area contributed by atoms with E-state index in [1.807, 2.05) is 38.1 Å². The van der Waals surface area contributed by atoms with Crippen molar-refractivity contribution < 1.29 is 14.1 Å². The van der Waals surface area contributed by atoms with Crippen LogP contribution in [0.5, 0.6) is 5.75 Å². The number of ether oxygens (including phenoxy) is 1. The minimum Gasteiger partial charge on any atom is -0.484 e. The molecule has 0 aliphatic carbocycles. The molecule has 1 atom stereocenters. The Morgan fingerprint density at radius 2 is 1.89 bits per heavy atom. The molecule has 0 fully saturated rings. The van der Waals surface area contributed by atoms with Crippen molar-refractivity contribution in [2.75, 3.05) is 6.61 Å². The van der Waals surface area contributed by atoms with E-state index in [-0.39, 0.29) is 18.6 Å². The number of carbonyl (C=O) groups excluding carboxylic acids is 1. The third-order valence-corrected chi connectivity index (χ3v) is 4.25. The van der Waals surface area contributed by atoms with Crippen molar-refractivity contribution >= 4 is 17.5 Å². The van der Waals surface area contributed by atoms with Crippen molar-refractivity contribution in [3.05, 3.63) is 64.9 Å². The van der Waals surface area contributed by atoms with Gasteiger partial charge in [-0.25, -0.2) is 0 Å². The van der Waals surface area contributed by atoms with Crippen molar-refractivity contribution in [2.24, 2.45) is 0 Å². The van der Waals surface area contributed by atoms with Crippen LogP contribution in [0, 0.1) is 0 Å². The van der Waals surface area contributed by atoms with Gasteiger partial charge in [-0.05, 0) is 48.9 Å². The lowest BCUT2D eigenvalue weighted by Gasteiger charge is -2.15. The number of aryl methyl sites for hydroxylation is 1. The summed E-state index contributed by atoms with van der Waals surface area (Å²) in [5, 5.41) is 7.43. The number of benzene rings is 2. The highest BCUT2D eigenvalue weighted by Gasteiger charge is 2.11. The maximum Gasteiger partial charge on any atom is 0.258 e. The Bertz CT molecular complexity index is 892. The molecule has 0 saturated carbocycles. The third-order valence-electron chi connectivity index (χ3n) is 4.00. The zero-order chi connectivity index (χ0) is 19.2. The predicted molar refractivity (Wildman–Crippen MR) is 103 cm³/mol. The number of nitrogens with zero attached hydrogens (tertiary/aromatic N) is 2. The van der Waals surface area contributed by atoms with Crippen molar-refractivity contribution in [3.8, 4) is 17.2 Å². The standard InChI is InChI=1S/C20H20ClN3O3/c1-3-18-23-20(27-24-18)15-6-10-17(11-7-15)26-12-19(25)22-13(2)14-4-8-16(21)9-5-14/h4-11,13H,3,12H2,1-2H3,(H,22,25)/t13-/m0/s1. The number of aromatic nitrogens is 2. The molecule has 3 aromatic rings. The fourth-order valence-electron chi connectivity index (χ4n) is 2.48. The molecule has 0 radical (unpaired) electrons. The molecule has 0 bridgehead atoms. The molecule has 0 aliphatic rings. The lowest BCUT2D eigenvalue weighted by Crippen LogP contribution is -2.31. The Hall–Kier alpha value is -2.86. The Kier molecular flexibility index (Phi) is 6.08. The topological polar surface area (TPSA) is 77.2 Å². The Morgan fingerprint density at radius 3 is 2.52 bits per heavy atom. The van der Waals surface area contributed by atoms with Crippen LogP contribution in [0.2, 0.25) is 5.02 Å². The quantitative estimate of drug-likeness (QED) is 0.659. The highest BCUT2D eigenvalue weighted by molar-refractivity contribution is 6.30. The molecule has 0 saturated heterocycles. The van der Waals surface area contributed by atoms with Crippen LogP contribution >= 0.6 is 11.6 Å². The molecule has 2 aromatic carbocycles. The largest absolute Gasteiger partial charge is 0.484 e. The van der Waals surface area contributed by atoms with E-state index in [1.165, 1.54) is 0 Å². The molecule has 1 amide bonds. The summed E-state index contributed by atoms with van der Waals surface area (Å²) in [7, 11) is 0. The van der Waals surface area contributed by atoms with Crippen molar-refractivity contribution in [2.45, 2.75) is 26.3 Å². The minimum atomic E-state index is -0.203. The van der Waals surface area contributed by atoms with E-state index in [2.05, 4.69) is 15.5 Å². The Labute approximate surface area is 162 Å². The van der Waals surface area contributed by atoms with E-state index < -0.39 is 0 Å². The van der Waals surface area contributed by atoms with Gasteiger partial charge in [0.1, 0.15) is 5.75 Å². The monoisotopic (exact) mass is 385 g/mol. The van der Waals surface area contributed by atoms with Crippen LogP contribution in [0.3, 0.4) is 0 Å². The summed E-state index contributed by atoms with van der Waals surface area (Å²) in [6.07, 6.45) is 0.717. The van der Waals surface area contributed by atoms with Crippen LogP contribution in [-0.4, -0.2) is 22.7 Å². The van der Waals surface area contributed by atoms with Crippen molar-refractivity contribution in [3.63, 3.8) is 0 Å². The first-order chi connectivity index (χ1) is 13.0. The van der Waals surface area contributed by atoms with Crippen molar-refractivity contribution in [1.29, 1.82) is 0 Å². The normalized spacial score (nSPS) is 11.8. The second kappa shape index (κ2) is 8.68. The molecule has 0 unspecified atom stereocenters. The summed E-state index contributed by atoms with van der Waals surface area (Å²) in [6.45, 7) is 3.80. The summed E-state index contributed by atoms with van der Waals surface area (Å²) < 4.78 is 10.7.